The predicted molar refractivity (Wildman–Crippen MR) is 336 cm³/mol. The molecule has 8 aromatic carbocycles. The van der Waals surface area contributed by atoms with Crippen molar-refractivity contribution < 1.29 is 8.83 Å². The minimum Gasteiger partial charge on any atom is -0.454 e. The van der Waals surface area contributed by atoms with Crippen LogP contribution in [-0.4, -0.2) is 15.6 Å². The lowest BCUT2D eigenvalue weighted by Gasteiger charge is -2.51. The average molecular weight is 1060 g/mol. The first-order chi connectivity index (χ1) is 38.9. The fourth-order valence-electron chi connectivity index (χ4n) is 17.5. The first-order valence-corrected chi connectivity index (χ1v) is 30.3. The van der Waals surface area contributed by atoms with Crippen molar-refractivity contribution in [3.05, 3.63) is 191 Å². The van der Waals surface area contributed by atoms with Crippen LogP contribution in [0.1, 0.15) is 165 Å². The van der Waals surface area contributed by atoms with Gasteiger partial charge in [0.25, 0.3) is 0 Å². The Morgan fingerprint density at radius 3 is 1.67 bits per heavy atom. The smallest absolute Gasteiger partial charge is 0.213 e. The average Bonchev–Trinajstić information content (AvgIpc) is 1.92. The van der Waals surface area contributed by atoms with Crippen molar-refractivity contribution in [2.75, 3.05) is 14.7 Å². The molecule has 0 saturated heterocycles. The summed E-state index contributed by atoms with van der Waals surface area (Å²) in [5.41, 5.74) is 23.9. The zero-order valence-corrected chi connectivity index (χ0v) is 48.8. The number of benzene rings is 8. The summed E-state index contributed by atoms with van der Waals surface area (Å²) in [6.45, 7) is 24.5. The maximum Gasteiger partial charge on any atom is 0.213 e. The number of nitrogens with zero attached hydrogens (tertiary/aromatic N) is 4. The molecule has 6 heteroatoms. The molecule has 4 aliphatic heterocycles. The number of anilines is 7. The molecule has 81 heavy (non-hydrogen) atoms. The first-order valence-electron chi connectivity index (χ1n) is 30.3. The van der Waals surface area contributed by atoms with Crippen molar-refractivity contribution in [3.8, 4) is 5.69 Å². The topological polar surface area (TPSA) is 40.9 Å². The number of hydrogen-bond acceptors (Lipinski definition) is 5. The molecule has 7 heterocycles. The Hall–Kier alpha value is -7.70. The van der Waals surface area contributed by atoms with Gasteiger partial charge < -0.3 is 23.5 Å². The summed E-state index contributed by atoms with van der Waals surface area (Å²) < 4.78 is 16.9. The maximum atomic E-state index is 7.20. The zero-order chi connectivity index (χ0) is 55.1. The summed E-state index contributed by atoms with van der Waals surface area (Å²) in [6, 6.07) is 58.8. The predicted octanol–water partition coefficient (Wildman–Crippen LogP) is 20.8. The lowest BCUT2D eigenvalue weighted by atomic mass is 9.61. The van der Waals surface area contributed by atoms with Crippen LogP contribution in [-0.2, 0) is 21.7 Å². The molecule has 0 spiro atoms. The molecule has 0 bridgehead atoms. The largest absolute Gasteiger partial charge is 0.454 e. The van der Waals surface area contributed by atoms with Gasteiger partial charge in [-0.25, -0.2) is 0 Å². The fourth-order valence-corrected chi connectivity index (χ4v) is 17.5. The van der Waals surface area contributed by atoms with Crippen molar-refractivity contribution in [1.29, 1.82) is 0 Å². The number of furan rings is 2. The molecule has 6 aliphatic rings. The van der Waals surface area contributed by atoms with Crippen LogP contribution in [0, 0.1) is 0 Å². The normalized spacial score (nSPS) is 24.5. The molecule has 3 aromatic heterocycles. The van der Waals surface area contributed by atoms with E-state index in [-0.39, 0.29) is 38.7 Å². The summed E-state index contributed by atoms with van der Waals surface area (Å²) >= 11 is 0. The second kappa shape index (κ2) is 15.6. The van der Waals surface area contributed by atoms with Crippen LogP contribution in [0.4, 0.5) is 39.8 Å². The van der Waals surface area contributed by atoms with Gasteiger partial charge in [-0.3, -0.25) is 4.57 Å². The van der Waals surface area contributed by atoms with E-state index < -0.39 is 0 Å². The standard InChI is InChI=1S/C75H72N4O2/c1-70(2,3)44-29-33-56-54(39-44)72(7)35-15-17-37-74(72,9)78(56)46-31-32-50-59(41-46)76(58-26-20-23-49-48-21-11-13-27-62(48)80-68(49)58)60-42-47(79-57-34-30-45(71(4,5)6)40-55(57)73(8)36-16-18-38-75(73,79)10)43-61-66(60)64(50)52-24-19-25-53-65-51-22-12-14-28-63(51)81-69(65)77(61)67(52)53/h11-14,19-34,39-43,64H,15-18,35-38H2,1-10H3. The van der Waals surface area contributed by atoms with E-state index in [4.69, 9.17) is 8.83 Å². The van der Waals surface area contributed by atoms with E-state index in [2.05, 4.69) is 240 Å². The maximum absolute atomic E-state index is 7.20. The summed E-state index contributed by atoms with van der Waals surface area (Å²) in [6.07, 6.45) is 9.42. The third kappa shape index (κ3) is 5.94. The molecule has 0 radical (unpaired) electrons. The summed E-state index contributed by atoms with van der Waals surface area (Å²) in [4.78, 5) is 8.23. The Morgan fingerprint density at radius 2 is 1.00 bits per heavy atom. The van der Waals surface area contributed by atoms with E-state index in [9.17, 15) is 0 Å². The van der Waals surface area contributed by atoms with E-state index in [0.29, 0.717) is 0 Å². The highest BCUT2D eigenvalue weighted by atomic mass is 16.3. The molecule has 2 saturated carbocycles. The lowest BCUT2D eigenvalue weighted by molar-refractivity contribution is 0.194. The van der Waals surface area contributed by atoms with E-state index in [1.807, 2.05) is 0 Å². The number of para-hydroxylation sites is 4. The van der Waals surface area contributed by atoms with Gasteiger partial charge in [-0.15, -0.1) is 0 Å². The van der Waals surface area contributed by atoms with E-state index in [1.165, 1.54) is 127 Å². The molecule has 2 fully saturated rings. The molecule has 5 atom stereocenters. The van der Waals surface area contributed by atoms with Crippen molar-refractivity contribution in [3.63, 3.8) is 0 Å². The van der Waals surface area contributed by atoms with Crippen LogP contribution in [0.5, 0.6) is 0 Å². The lowest BCUT2D eigenvalue weighted by Crippen LogP contribution is -2.54. The zero-order valence-electron chi connectivity index (χ0n) is 48.8. The second-order valence-corrected chi connectivity index (χ2v) is 28.3. The van der Waals surface area contributed by atoms with Gasteiger partial charge in [-0.1, -0.05) is 178 Å². The Morgan fingerprint density at radius 1 is 0.444 bits per heavy atom. The van der Waals surface area contributed by atoms with Gasteiger partial charge in [0.1, 0.15) is 11.2 Å². The van der Waals surface area contributed by atoms with Crippen LogP contribution in [0.2, 0.25) is 0 Å². The summed E-state index contributed by atoms with van der Waals surface area (Å²) in [5, 5.41) is 5.82. The number of aromatic nitrogens is 1. The SMILES string of the molecule is CC(C)(C)c1ccc2c(c1)C1(C)CCCCC1(C)N2c1ccc2c(c1)N(c1cccc3c1oc1ccccc13)c1cc(N3c4ccc(C(C)(C)C)cc4C4(C)CCCCC34C)cc3c1C2c1cccc2c4c5ccccc5oc4n-3c12. The van der Waals surface area contributed by atoms with Gasteiger partial charge in [0.15, 0.2) is 5.58 Å². The van der Waals surface area contributed by atoms with Crippen LogP contribution >= 0.6 is 0 Å². The van der Waals surface area contributed by atoms with Gasteiger partial charge in [-0.05, 0) is 138 Å². The highest BCUT2D eigenvalue weighted by molar-refractivity contribution is 6.21. The Bertz CT molecular complexity index is 4570. The van der Waals surface area contributed by atoms with Gasteiger partial charge in [0.2, 0.25) is 5.71 Å². The summed E-state index contributed by atoms with van der Waals surface area (Å²) in [7, 11) is 0. The molecule has 404 valence electrons. The van der Waals surface area contributed by atoms with Gasteiger partial charge >= 0.3 is 0 Å². The third-order valence-corrected chi connectivity index (χ3v) is 22.2. The molecule has 6 nitrogen and oxygen atoms in total. The monoisotopic (exact) mass is 1060 g/mol. The van der Waals surface area contributed by atoms with E-state index >= 15 is 0 Å². The molecular formula is C75H72N4O2. The summed E-state index contributed by atoms with van der Waals surface area (Å²) in [5.74, 6) is -0.0767. The Kier molecular flexibility index (Phi) is 9.28. The van der Waals surface area contributed by atoms with Crippen LogP contribution in [0.3, 0.4) is 0 Å². The molecule has 0 N–H and O–H groups in total. The van der Waals surface area contributed by atoms with Crippen molar-refractivity contribution >= 4 is 94.7 Å². The van der Waals surface area contributed by atoms with Gasteiger partial charge in [-0.2, -0.15) is 0 Å². The minimum atomic E-state index is -0.195. The molecule has 2 aliphatic carbocycles. The molecule has 5 unspecified atom stereocenters. The molecule has 17 rings (SSSR count). The molecular weight excluding hydrogens is 989 g/mol. The van der Waals surface area contributed by atoms with Crippen molar-refractivity contribution in [1.82, 2.24) is 4.57 Å². The number of fused-ring (bicyclic) bond motifs is 18. The number of hydrogen-bond donors (Lipinski definition) is 0. The fraction of sp³-hybridized carbons (Fsp3) is 0.333. The Labute approximate surface area is 476 Å². The van der Waals surface area contributed by atoms with Crippen LogP contribution in [0.25, 0.3) is 60.6 Å². The minimum absolute atomic E-state index is 0.0178. The van der Waals surface area contributed by atoms with Gasteiger partial charge in [0, 0.05) is 66.6 Å². The van der Waals surface area contributed by atoms with Gasteiger partial charge in [0.05, 0.1) is 44.7 Å². The first kappa shape index (κ1) is 48.0. The second-order valence-electron chi connectivity index (χ2n) is 28.3. The quantitative estimate of drug-likeness (QED) is 0.176. The molecule has 11 aromatic rings. The van der Waals surface area contributed by atoms with Crippen molar-refractivity contribution in [2.24, 2.45) is 0 Å². The highest BCUT2D eigenvalue weighted by Gasteiger charge is 2.60. The number of rotatable bonds is 3. The third-order valence-electron chi connectivity index (χ3n) is 22.2. The van der Waals surface area contributed by atoms with E-state index in [1.54, 1.807) is 0 Å². The van der Waals surface area contributed by atoms with Crippen LogP contribution in [0.15, 0.2) is 160 Å². The Balaban J connectivity index is 1.00. The van der Waals surface area contributed by atoms with E-state index in [0.717, 1.165) is 63.6 Å². The van der Waals surface area contributed by atoms with Crippen molar-refractivity contribution in [2.45, 2.75) is 159 Å². The highest BCUT2D eigenvalue weighted by Crippen LogP contribution is 2.67. The molecule has 0 amide bonds. The van der Waals surface area contributed by atoms with Crippen LogP contribution < -0.4 is 14.7 Å².